The fourth-order valence-electron chi connectivity index (χ4n) is 1.62. The Balaban J connectivity index is 2.01. The Hall–Kier alpha value is -2.43. The predicted molar refractivity (Wildman–Crippen MR) is 66.3 cm³/mol. The van der Waals surface area contributed by atoms with Gasteiger partial charge >= 0.3 is 5.97 Å². The van der Waals surface area contributed by atoms with Gasteiger partial charge in [-0.05, 0) is 23.8 Å². The minimum atomic E-state index is -0.897. The number of carboxylic acid groups (broad SMARTS) is 1. The van der Waals surface area contributed by atoms with Crippen LogP contribution in [-0.2, 0) is 17.8 Å². The maximum absolute atomic E-state index is 12.9. The van der Waals surface area contributed by atoms with Crippen LogP contribution in [0.25, 0.3) is 0 Å². The van der Waals surface area contributed by atoms with Gasteiger partial charge in [-0.1, -0.05) is 12.1 Å². The summed E-state index contributed by atoms with van der Waals surface area (Å²) >= 11 is 0. The molecule has 2 aromatic rings. The van der Waals surface area contributed by atoms with Gasteiger partial charge in [-0.25, -0.2) is 4.39 Å². The molecule has 19 heavy (non-hydrogen) atoms. The van der Waals surface area contributed by atoms with Gasteiger partial charge in [-0.2, -0.15) is 0 Å². The summed E-state index contributed by atoms with van der Waals surface area (Å²) in [7, 11) is 0. The Labute approximate surface area is 109 Å². The van der Waals surface area contributed by atoms with Crippen LogP contribution in [0.2, 0.25) is 0 Å². The lowest BCUT2D eigenvalue weighted by Gasteiger charge is -2.07. The van der Waals surface area contributed by atoms with E-state index in [2.05, 4.69) is 4.98 Å². The number of hydrogen-bond acceptors (Lipinski definition) is 3. The third-order valence-electron chi connectivity index (χ3n) is 2.42. The van der Waals surface area contributed by atoms with Crippen LogP contribution in [0.1, 0.15) is 11.1 Å². The zero-order valence-corrected chi connectivity index (χ0v) is 10.0. The highest BCUT2D eigenvalue weighted by Gasteiger charge is 2.03. The molecular weight excluding hydrogens is 249 g/mol. The first-order valence-corrected chi connectivity index (χ1v) is 5.66. The van der Waals surface area contributed by atoms with Gasteiger partial charge in [0.2, 0.25) is 0 Å². The number of aromatic nitrogens is 1. The van der Waals surface area contributed by atoms with Gasteiger partial charge in [0.25, 0.3) is 0 Å². The van der Waals surface area contributed by atoms with Crippen LogP contribution in [0.3, 0.4) is 0 Å². The molecule has 0 saturated heterocycles. The van der Waals surface area contributed by atoms with Crippen molar-refractivity contribution >= 4 is 5.97 Å². The highest BCUT2D eigenvalue weighted by molar-refractivity contribution is 5.70. The molecule has 4 nitrogen and oxygen atoms in total. The second kappa shape index (κ2) is 5.95. The molecule has 0 atom stereocenters. The molecule has 0 aliphatic heterocycles. The van der Waals surface area contributed by atoms with Gasteiger partial charge in [0, 0.05) is 11.8 Å². The molecule has 0 unspecified atom stereocenters. The quantitative estimate of drug-likeness (QED) is 0.898. The summed E-state index contributed by atoms with van der Waals surface area (Å²) in [6, 6.07) is 8.15. The first-order chi connectivity index (χ1) is 9.13. The molecule has 1 N–H and O–H groups in total. The summed E-state index contributed by atoms with van der Waals surface area (Å²) in [5, 5.41) is 8.71. The summed E-state index contributed by atoms with van der Waals surface area (Å²) < 4.78 is 18.4. The Morgan fingerprint density at radius 3 is 2.84 bits per heavy atom. The fourth-order valence-corrected chi connectivity index (χ4v) is 1.62. The number of nitrogens with zero attached hydrogens (tertiary/aromatic N) is 1. The van der Waals surface area contributed by atoms with Gasteiger partial charge < -0.3 is 9.84 Å². The molecule has 0 radical (unpaired) electrons. The molecule has 1 aromatic carbocycles. The third-order valence-corrected chi connectivity index (χ3v) is 2.42. The molecule has 0 amide bonds. The highest BCUT2D eigenvalue weighted by atomic mass is 19.1. The van der Waals surface area contributed by atoms with E-state index in [1.54, 1.807) is 24.3 Å². The van der Waals surface area contributed by atoms with Crippen molar-refractivity contribution in [2.45, 2.75) is 13.0 Å². The van der Waals surface area contributed by atoms with E-state index in [-0.39, 0.29) is 13.0 Å². The smallest absolute Gasteiger partial charge is 0.307 e. The minimum absolute atomic E-state index is 0.0568. The zero-order valence-electron chi connectivity index (χ0n) is 10.0. The second-order valence-corrected chi connectivity index (χ2v) is 4.02. The average molecular weight is 261 g/mol. The summed E-state index contributed by atoms with van der Waals surface area (Å²) in [4.78, 5) is 14.3. The van der Waals surface area contributed by atoms with E-state index in [1.165, 1.54) is 12.3 Å². The number of aliphatic carboxylic acids is 1. The molecule has 5 heteroatoms. The van der Waals surface area contributed by atoms with Crippen LogP contribution in [0, 0.1) is 5.82 Å². The lowest BCUT2D eigenvalue weighted by Crippen LogP contribution is -2.01. The number of rotatable bonds is 5. The molecule has 0 spiro atoms. The van der Waals surface area contributed by atoms with Gasteiger partial charge in [-0.3, -0.25) is 9.78 Å². The van der Waals surface area contributed by atoms with Crippen molar-refractivity contribution < 1.29 is 19.0 Å². The SMILES string of the molecule is O=C(O)Cc1cccc(OCc2cncc(F)c2)c1. The zero-order chi connectivity index (χ0) is 13.7. The van der Waals surface area contributed by atoms with Crippen molar-refractivity contribution in [3.8, 4) is 5.75 Å². The molecule has 0 bridgehead atoms. The Morgan fingerprint density at radius 2 is 2.11 bits per heavy atom. The van der Waals surface area contributed by atoms with Crippen molar-refractivity contribution in [1.29, 1.82) is 0 Å². The van der Waals surface area contributed by atoms with Crippen LogP contribution in [0.15, 0.2) is 42.7 Å². The van der Waals surface area contributed by atoms with Crippen LogP contribution >= 0.6 is 0 Å². The third kappa shape index (κ3) is 4.06. The van der Waals surface area contributed by atoms with Crippen molar-refractivity contribution in [3.63, 3.8) is 0 Å². The van der Waals surface area contributed by atoms with E-state index in [4.69, 9.17) is 9.84 Å². The summed E-state index contributed by atoms with van der Waals surface area (Å²) in [6.45, 7) is 0.182. The van der Waals surface area contributed by atoms with Crippen molar-refractivity contribution in [1.82, 2.24) is 4.98 Å². The first-order valence-electron chi connectivity index (χ1n) is 5.66. The van der Waals surface area contributed by atoms with E-state index < -0.39 is 11.8 Å². The summed E-state index contributed by atoms with van der Waals surface area (Å²) in [5.74, 6) is -0.768. The average Bonchev–Trinajstić information content (AvgIpc) is 2.36. The monoisotopic (exact) mass is 261 g/mol. The number of benzene rings is 1. The van der Waals surface area contributed by atoms with Crippen molar-refractivity contribution in [2.24, 2.45) is 0 Å². The number of carboxylic acids is 1. The number of halogens is 1. The lowest BCUT2D eigenvalue weighted by molar-refractivity contribution is -0.136. The molecular formula is C14H12FNO3. The Morgan fingerprint density at radius 1 is 1.26 bits per heavy atom. The topological polar surface area (TPSA) is 59.4 Å². The fraction of sp³-hybridized carbons (Fsp3) is 0.143. The van der Waals surface area contributed by atoms with Gasteiger partial charge in [0.1, 0.15) is 18.2 Å². The predicted octanol–water partition coefficient (Wildman–Crippen LogP) is 2.43. The molecule has 0 aliphatic rings. The number of hydrogen-bond donors (Lipinski definition) is 1. The molecule has 0 aliphatic carbocycles. The lowest BCUT2D eigenvalue weighted by atomic mass is 10.1. The molecule has 0 saturated carbocycles. The molecule has 0 fully saturated rings. The molecule has 2 rings (SSSR count). The van der Waals surface area contributed by atoms with E-state index in [1.807, 2.05) is 0 Å². The van der Waals surface area contributed by atoms with E-state index in [9.17, 15) is 9.18 Å². The van der Waals surface area contributed by atoms with Gasteiger partial charge in [0.15, 0.2) is 0 Å². The summed E-state index contributed by atoms with van der Waals surface area (Å²) in [5.41, 5.74) is 1.27. The maximum Gasteiger partial charge on any atom is 0.307 e. The van der Waals surface area contributed by atoms with Crippen molar-refractivity contribution in [3.05, 3.63) is 59.7 Å². The number of carbonyl (C=O) groups is 1. The Bertz CT molecular complexity index is 586. The second-order valence-electron chi connectivity index (χ2n) is 4.02. The normalized spacial score (nSPS) is 10.2. The van der Waals surface area contributed by atoms with E-state index >= 15 is 0 Å². The van der Waals surface area contributed by atoms with Gasteiger partial charge in [0.05, 0.1) is 12.6 Å². The number of pyridine rings is 1. The highest BCUT2D eigenvalue weighted by Crippen LogP contribution is 2.15. The first kappa shape index (κ1) is 13.0. The number of ether oxygens (including phenoxy) is 1. The van der Waals surface area contributed by atoms with E-state index in [0.717, 1.165) is 6.20 Å². The molecule has 1 aromatic heterocycles. The minimum Gasteiger partial charge on any atom is -0.489 e. The van der Waals surface area contributed by atoms with Crippen LogP contribution < -0.4 is 4.74 Å². The van der Waals surface area contributed by atoms with Gasteiger partial charge in [-0.15, -0.1) is 0 Å². The largest absolute Gasteiger partial charge is 0.489 e. The van der Waals surface area contributed by atoms with E-state index in [0.29, 0.717) is 16.9 Å². The van der Waals surface area contributed by atoms with Crippen molar-refractivity contribution in [2.75, 3.05) is 0 Å². The van der Waals surface area contributed by atoms with Crippen LogP contribution in [0.5, 0.6) is 5.75 Å². The standard InChI is InChI=1S/C14H12FNO3/c15-12-4-11(7-16-8-12)9-19-13-3-1-2-10(5-13)6-14(17)18/h1-5,7-8H,6,9H2,(H,17,18). The Kier molecular flexibility index (Phi) is 4.07. The molecule has 98 valence electrons. The molecule has 1 heterocycles. The van der Waals surface area contributed by atoms with Crippen LogP contribution in [-0.4, -0.2) is 16.1 Å². The summed E-state index contributed by atoms with van der Waals surface area (Å²) in [6.07, 6.45) is 2.58. The van der Waals surface area contributed by atoms with Crippen LogP contribution in [0.4, 0.5) is 4.39 Å². The maximum atomic E-state index is 12.9.